The minimum Gasteiger partial charge on any atom is -0.324 e. The fraction of sp³-hybridized carbons (Fsp3) is 0.227. The monoisotopic (exact) mass is 360 g/mol. The molecule has 0 bridgehead atoms. The van der Waals surface area contributed by atoms with Crippen LogP contribution in [0.1, 0.15) is 46.8 Å². The molecule has 1 aromatic heterocycles. The van der Waals surface area contributed by atoms with Crippen LogP contribution < -0.4 is 10.6 Å². The van der Waals surface area contributed by atoms with E-state index in [-0.39, 0.29) is 5.91 Å². The van der Waals surface area contributed by atoms with E-state index < -0.39 is 0 Å². The summed E-state index contributed by atoms with van der Waals surface area (Å²) >= 11 is 0. The van der Waals surface area contributed by atoms with Gasteiger partial charge >= 0.3 is 0 Å². The third kappa shape index (κ3) is 4.70. The van der Waals surface area contributed by atoms with Crippen LogP contribution in [-0.4, -0.2) is 15.9 Å². The van der Waals surface area contributed by atoms with Crippen LogP contribution in [0.15, 0.2) is 54.9 Å². The summed E-state index contributed by atoms with van der Waals surface area (Å²) in [7, 11) is 0. The first-order valence-corrected chi connectivity index (χ1v) is 9.00. The maximum Gasteiger partial charge on any atom is 0.258 e. The van der Waals surface area contributed by atoms with Gasteiger partial charge in [-0.25, -0.2) is 9.97 Å². The molecule has 0 unspecified atom stereocenters. The molecule has 138 valence electrons. The highest BCUT2D eigenvalue weighted by Crippen LogP contribution is 2.19. The molecule has 1 amide bonds. The molecule has 0 atom stereocenters. The van der Waals surface area contributed by atoms with Crippen LogP contribution in [0, 0.1) is 13.8 Å². The van der Waals surface area contributed by atoms with E-state index in [4.69, 9.17) is 0 Å². The summed E-state index contributed by atoms with van der Waals surface area (Å²) < 4.78 is 0. The summed E-state index contributed by atoms with van der Waals surface area (Å²) in [6.45, 7) is 8.40. The van der Waals surface area contributed by atoms with E-state index in [1.165, 1.54) is 29.1 Å². The molecule has 27 heavy (non-hydrogen) atoms. The summed E-state index contributed by atoms with van der Waals surface area (Å²) in [4.78, 5) is 20.9. The van der Waals surface area contributed by atoms with E-state index >= 15 is 0 Å². The van der Waals surface area contributed by atoms with Crippen molar-refractivity contribution in [2.45, 2.75) is 33.6 Å². The molecule has 0 aliphatic heterocycles. The molecule has 2 N–H and O–H groups in total. The largest absolute Gasteiger partial charge is 0.324 e. The number of nitrogens with one attached hydrogen (secondary N) is 2. The van der Waals surface area contributed by atoms with Gasteiger partial charge in [0, 0.05) is 23.8 Å². The molecule has 0 fully saturated rings. The van der Waals surface area contributed by atoms with E-state index in [2.05, 4.69) is 48.3 Å². The number of amides is 1. The third-order valence-corrected chi connectivity index (χ3v) is 4.51. The maximum absolute atomic E-state index is 12.4. The van der Waals surface area contributed by atoms with Crippen molar-refractivity contribution in [1.82, 2.24) is 9.97 Å². The molecule has 0 saturated carbocycles. The number of anilines is 3. The Hall–Kier alpha value is -3.21. The van der Waals surface area contributed by atoms with Gasteiger partial charge in [-0.05, 0) is 60.7 Å². The number of carbonyl (C=O) groups excluding carboxylic acids is 1. The molecule has 3 aromatic rings. The van der Waals surface area contributed by atoms with E-state index in [0.29, 0.717) is 17.4 Å². The van der Waals surface area contributed by atoms with Gasteiger partial charge in [0.15, 0.2) is 0 Å². The van der Waals surface area contributed by atoms with Crippen molar-refractivity contribution >= 4 is 23.2 Å². The smallest absolute Gasteiger partial charge is 0.258 e. The van der Waals surface area contributed by atoms with Crippen LogP contribution in [0.5, 0.6) is 0 Å². The molecule has 0 saturated heterocycles. The summed E-state index contributed by atoms with van der Waals surface area (Å²) in [5, 5.41) is 6.02. The first-order valence-electron chi connectivity index (χ1n) is 9.00. The lowest BCUT2D eigenvalue weighted by Gasteiger charge is -2.09. The van der Waals surface area contributed by atoms with Crippen LogP contribution in [0.3, 0.4) is 0 Å². The molecule has 1 heterocycles. The minimum absolute atomic E-state index is 0.231. The van der Waals surface area contributed by atoms with Gasteiger partial charge in [0.05, 0.1) is 5.56 Å². The van der Waals surface area contributed by atoms with Crippen LogP contribution in [0.2, 0.25) is 0 Å². The average Bonchev–Trinajstić information content (AvgIpc) is 2.66. The lowest BCUT2D eigenvalue weighted by atomic mass is 10.0. The Morgan fingerprint density at radius 3 is 2.11 bits per heavy atom. The topological polar surface area (TPSA) is 66.9 Å². The normalized spacial score (nSPS) is 10.7. The Kier molecular flexibility index (Phi) is 5.50. The van der Waals surface area contributed by atoms with Crippen molar-refractivity contribution < 1.29 is 4.79 Å². The molecule has 5 heteroatoms. The van der Waals surface area contributed by atoms with Crippen LogP contribution in [0.25, 0.3) is 0 Å². The van der Waals surface area contributed by atoms with Crippen molar-refractivity contribution in [3.63, 3.8) is 0 Å². The predicted molar refractivity (Wildman–Crippen MR) is 110 cm³/mol. The van der Waals surface area contributed by atoms with Crippen molar-refractivity contribution in [2.75, 3.05) is 10.6 Å². The molecule has 0 spiro atoms. The zero-order valence-corrected chi connectivity index (χ0v) is 16.1. The van der Waals surface area contributed by atoms with Crippen molar-refractivity contribution in [2.24, 2.45) is 0 Å². The second-order valence-electron chi connectivity index (χ2n) is 6.95. The Labute approximate surface area is 159 Å². The van der Waals surface area contributed by atoms with E-state index in [0.717, 1.165) is 11.4 Å². The quantitative estimate of drug-likeness (QED) is 0.655. The second kappa shape index (κ2) is 7.99. The standard InChI is InChI=1S/C22H24N4O/c1-14(2)17-6-9-19(10-7-17)25-21(27)18-12-23-22(24-13-18)26-20-8-5-15(3)16(4)11-20/h5-14H,1-4H3,(H,25,27)(H,23,24,26). The Balaban J connectivity index is 1.65. The number of aryl methyl sites for hydroxylation is 2. The van der Waals surface area contributed by atoms with Gasteiger partial charge in [-0.2, -0.15) is 0 Å². The van der Waals surface area contributed by atoms with Gasteiger partial charge in [0.2, 0.25) is 5.95 Å². The van der Waals surface area contributed by atoms with Gasteiger partial charge < -0.3 is 10.6 Å². The summed E-state index contributed by atoms with van der Waals surface area (Å²) in [5.41, 5.74) is 5.74. The van der Waals surface area contributed by atoms with Gasteiger partial charge in [-0.3, -0.25) is 4.79 Å². The van der Waals surface area contributed by atoms with Crippen LogP contribution >= 0.6 is 0 Å². The molecule has 3 rings (SSSR count). The molecule has 0 aliphatic carbocycles. The number of benzene rings is 2. The van der Waals surface area contributed by atoms with Crippen molar-refractivity contribution in [3.8, 4) is 0 Å². The average molecular weight is 360 g/mol. The maximum atomic E-state index is 12.4. The highest BCUT2D eigenvalue weighted by Gasteiger charge is 2.09. The third-order valence-electron chi connectivity index (χ3n) is 4.51. The highest BCUT2D eigenvalue weighted by molar-refractivity contribution is 6.03. The zero-order chi connectivity index (χ0) is 19.4. The fourth-order valence-electron chi connectivity index (χ4n) is 2.61. The number of carbonyl (C=O) groups is 1. The zero-order valence-electron chi connectivity index (χ0n) is 16.1. The minimum atomic E-state index is -0.231. The summed E-state index contributed by atoms with van der Waals surface area (Å²) in [6, 6.07) is 13.9. The Morgan fingerprint density at radius 1 is 0.889 bits per heavy atom. The lowest BCUT2D eigenvalue weighted by Crippen LogP contribution is -2.13. The number of nitrogens with zero attached hydrogens (tertiary/aromatic N) is 2. The SMILES string of the molecule is Cc1ccc(Nc2ncc(C(=O)Nc3ccc(C(C)C)cc3)cn2)cc1C. The summed E-state index contributed by atoms with van der Waals surface area (Å²) in [5.74, 6) is 0.682. The van der Waals surface area contributed by atoms with Gasteiger partial charge in [-0.1, -0.05) is 32.0 Å². The number of rotatable bonds is 5. The van der Waals surface area contributed by atoms with Crippen molar-refractivity contribution in [1.29, 1.82) is 0 Å². The molecular formula is C22H24N4O. The van der Waals surface area contributed by atoms with Crippen LogP contribution in [0.4, 0.5) is 17.3 Å². The fourth-order valence-corrected chi connectivity index (χ4v) is 2.61. The molecule has 0 aliphatic rings. The van der Waals surface area contributed by atoms with Gasteiger partial charge in [0.1, 0.15) is 0 Å². The lowest BCUT2D eigenvalue weighted by molar-refractivity contribution is 0.102. The van der Waals surface area contributed by atoms with E-state index in [1.54, 1.807) is 0 Å². The molecule has 2 aromatic carbocycles. The van der Waals surface area contributed by atoms with Crippen molar-refractivity contribution in [3.05, 3.63) is 77.1 Å². The van der Waals surface area contributed by atoms with Gasteiger partial charge in [-0.15, -0.1) is 0 Å². The van der Waals surface area contributed by atoms with E-state index in [9.17, 15) is 4.79 Å². The van der Waals surface area contributed by atoms with Gasteiger partial charge in [0.25, 0.3) is 5.91 Å². The summed E-state index contributed by atoms with van der Waals surface area (Å²) in [6.07, 6.45) is 3.04. The van der Waals surface area contributed by atoms with E-state index in [1.807, 2.05) is 42.5 Å². The Bertz CT molecular complexity index is 932. The number of hydrogen-bond donors (Lipinski definition) is 2. The predicted octanol–water partition coefficient (Wildman–Crippen LogP) is 5.21. The molecule has 0 radical (unpaired) electrons. The first kappa shape index (κ1) is 18.6. The Morgan fingerprint density at radius 2 is 1.52 bits per heavy atom. The molecule has 5 nitrogen and oxygen atoms in total. The highest BCUT2D eigenvalue weighted by atomic mass is 16.1. The number of aromatic nitrogens is 2. The number of hydrogen-bond acceptors (Lipinski definition) is 4. The first-order chi connectivity index (χ1) is 12.9. The molecular weight excluding hydrogens is 336 g/mol. The second-order valence-corrected chi connectivity index (χ2v) is 6.95. The van der Waals surface area contributed by atoms with Crippen LogP contribution in [-0.2, 0) is 0 Å².